The molecule has 0 spiro atoms. The molecule has 0 aromatic carbocycles. The Morgan fingerprint density at radius 2 is 1.94 bits per heavy atom. The monoisotopic (exact) mass is 423 g/mol. The van der Waals surface area contributed by atoms with Gasteiger partial charge in [-0.3, -0.25) is 0 Å². The fourth-order valence-electron chi connectivity index (χ4n) is 2.77. The van der Waals surface area contributed by atoms with E-state index < -0.39 is 0 Å². The quantitative estimate of drug-likeness (QED) is 0.199. The average molecular weight is 424 g/mol. The molecule has 0 aliphatic heterocycles. The Morgan fingerprint density at radius 1 is 1.23 bits per heavy atom. The summed E-state index contributed by atoms with van der Waals surface area (Å²) in [5.74, 6) is 0.778. The fraction of sp³-hybridized carbons (Fsp3) is 0.400. The van der Waals surface area contributed by atoms with Crippen LogP contribution in [-0.4, -0.2) is 37.1 Å². The van der Waals surface area contributed by atoms with E-state index in [2.05, 4.69) is 30.6 Å². The van der Waals surface area contributed by atoms with Crippen LogP contribution in [0.4, 0.5) is 5.69 Å². The second-order valence-electron chi connectivity index (χ2n) is 7.29. The fourth-order valence-corrected chi connectivity index (χ4v) is 2.77. The van der Waals surface area contributed by atoms with Gasteiger partial charge in [-0.25, -0.2) is 4.98 Å². The average Bonchev–Trinajstić information content (AvgIpc) is 2.75. The van der Waals surface area contributed by atoms with Crippen LogP contribution in [0.3, 0.4) is 0 Å². The van der Waals surface area contributed by atoms with Gasteiger partial charge in [0.15, 0.2) is 0 Å². The lowest BCUT2D eigenvalue weighted by atomic mass is 10.0. The molecule has 168 valence electrons. The van der Waals surface area contributed by atoms with Crippen molar-refractivity contribution in [1.82, 2.24) is 10.3 Å². The van der Waals surface area contributed by atoms with E-state index >= 15 is 0 Å². The van der Waals surface area contributed by atoms with Crippen molar-refractivity contribution < 1.29 is 4.74 Å². The molecule has 31 heavy (non-hydrogen) atoms. The van der Waals surface area contributed by atoms with Crippen LogP contribution in [0.15, 0.2) is 47.4 Å². The number of anilines is 1. The van der Waals surface area contributed by atoms with Crippen LogP contribution in [0.2, 0.25) is 0 Å². The molecule has 0 fully saturated rings. The summed E-state index contributed by atoms with van der Waals surface area (Å²) in [6.45, 7) is 12.9. The molecule has 0 saturated carbocycles. The number of aromatic nitrogens is 1. The highest BCUT2D eigenvalue weighted by molar-refractivity contribution is 5.96. The number of hydrogen-bond donors (Lipinski definition) is 4. The van der Waals surface area contributed by atoms with E-state index in [9.17, 15) is 0 Å². The maximum Gasteiger partial charge on any atom is 0.102 e. The van der Waals surface area contributed by atoms with Crippen molar-refractivity contribution in [2.24, 2.45) is 0 Å². The SMILES string of the molecule is CCO/C(C)=C(/C=C\C=C(\C)CC)c1cc(NCC(=N)/C=C(/C)NC)c(C)c(C=N)n1. The van der Waals surface area contributed by atoms with Crippen molar-refractivity contribution in [3.8, 4) is 0 Å². The normalized spacial score (nSPS) is 13.1. The minimum atomic E-state index is 0.374. The summed E-state index contributed by atoms with van der Waals surface area (Å²) in [6.07, 6.45) is 10.1. The minimum absolute atomic E-state index is 0.374. The van der Waals surface area contributed by atoms with Gasteiger partial charge in [0.05, 0.1) is 30.3 Å². The van der Waals surface area contributed by atoms with Gasteiger partial charge in [0.1, 0.15) is 5.76 Å². The van der Waals surface area contributed by atoms with Crippen molar-refractivity contribution in [2.45, 2.75) is 48.0 Å². The Bertz CT molecular complexity index is 907. The standard InChI is InChI=1S/C25H37N5O/c1-8-17(3)11-10-12-22(20(6)31-9-2)24-14-23(19(5)25(15-26)30-24)29-16-21(27)13-18(4)28-7/h10-15,26-28H,8-9,16H2,1-7H3,(H,29,30)/b12-10-,17-11-,18-13-,22-20-,26-15?,27-21?. The molecule has 1 aromatic heterocycles. The van der Waals surface area contributed by atoms with Gasteiger partial charge in [-0.15, -0.1) is 0 Å². The van der Waals surface area contributed by atoms with Gasteiger partial charge in [-0.1, -0.05) is 24.6 Å². The van der Waals surface area contributed by atoms with E-state index in [-0.39, 0.29) is 0 Å². The molecule has 0 atom stereocenters. The first-order chi connectivity index (χ1) is 14.8. The third-order valence-corrected chi connectivity index (χ3v) is 4.92. The number of ether oxygens (including phenoxy) is 1. The molecule has 4 N–H and O–H groups in total. The van der Waals surface area contributed by atoms with Gasteiger partial charge in [-0.2, -0.15) is 0 Å². The topological polar surface area (TPSA) is 93.9 Å². The van der Waals surface area contributed by atoms with E-state index in [1.807, 2.05) is 53.0 Å². The van der Waals surface area contributed by atoms with Gasteiger partial charge in [0.2, 0.25) is 0 Å². The van der Waals surface area contributed by atoms with Crippen LogP contribution in [0.25, 0.3) is 5.57 Å². The summed E-state index contributed by atoms with van der Waals surface area (Å²) < 4.78 is 5.78. The highest BCUT2D eigenvalue weighted by atomic mass is 16.5. The van der Waals surface area contributed by atoms with Crippen LogP contribution < -0.4 is 10.6 Å². The lowest BCUT2D eigenvalue weighted by Crippen LogP contribution is -2.15. The number of pyridine rings is 1. The van der Waals surface area contributed by atoms with Gasteiger partial charge in [0.25, 0.3) is 0 Å². The molecule has 0 aliphatic carbocycles. The van der Waals surface area contributed by atoms with Crippen molar-refractivity contribution >= 4 is 23.2 Å². The van der Waals surface area contributed by atoms with E-state index in [0.29, 0.717) is 24.6 Å². The molecule has 0 saturated heterocycles. The van der Waals surface area contributed by atoms with Crippen molar-refractivity contribution in [1.29, 1.82) is 10.8 Å². The van der Waals surface area contributed by atoms with Crippen LogP contribution in [0.5, 0.6) is 0 Å². The van der Waals surface area contributed by atoms with E-state index in [0.717, 1.165) is 40.4 Å². The number of allylic oxidation sites excluding steroid dienone is 7. The molecular formula is C25H37N5O. The molecule has 6 heteroatoms. The number of rotatable bonds is 12. The molecule has 0 aliphatic rings. The van der Waals surface area contributed by atoms with Gasteiger partial charge in [-0.05, 0) is 64.8 Å². The maximum absolute atomic E-state index is 8.16. The Balaban J connectivity index is 3.40. The molecule has 0 unspecified atom stereocenters. The zero-order valence-corrected chi connectivity index (χ0v) is 19.9. The largest absolute Gasteiger partial charge is 0.498 e. The van der Waals surface area contributed by atoms with Gasteiger partial charge < -0.3 is 26.2 Å². The molecule has 1 aromatic rings. The third kappa shape index (κ3) is 8.24. The Labute approximate surface area is 187 Å². The maximum atomic E-state index is 8.16. The lowest BCUT2D eigenvalue weighted by molar-refractivity contribution is 0.233. The highest BCUT2D eigenvalue weighted by Gasteiger charge is 2.13. The zero-order valence-electron chi connectivity index (χ0n) is 19.9. The number of nitrogens with zero attached hydrogens (tertiary/aromatic N) is 1. The third-order valence-electron chi connectivity index (χ3n) is 4.92. The molecule has 1 rings (SSSR count). The number of nitrogens with one attached hydrogen (secondary N) is 4. The van der Waals surface area contributed by atoms with Crippen LogP contribution >= 0.6 is 0 Å². The Kier molecular flexibility index (Phi) is 11.0. The summed E-state index contributed by atoms with van der Waals surface area (Å²) in [7, 11) is 1.83. The zero-order chi connectivity index (χ0) is 23.4. The minimum Gasteiger partial charge on any atom is -0.498 e. The second kappa shape index (κ2) is 13.2. The summed E-state index contributed by atoms with van der Waals surface area (Å²) in [5.41, 5.74) is 6.58. The van der Waals surface area contributed by atoms with Gasteiger partial charge in [0, 0.05) is 30.2 Å². The molecule has 0 bridgehead atoms. The molecule has 0 amide bonds. The molecule has 0 radical (unpaired) electrons. The summed E-state index contributed by atoms with van der Waals surface area (Å²) >= 11 is 0. The van der Waals surface area contributed by atoms with E-state index in [4.69, 9.17) is 20.5 Å². The smallest absolute Gasteiger partial charge is 0.102 e. The lowest BCUT2D eigenvalue weighted by Gasteiger charge is -2.15. The van der Waals surface area contributed by atoms with Crippen LogP contribution in [-0.2, 0) is 4.74 Å². The number of hydrogen-bond acceptors (Lipinski definition) is 6. The van der Waals surface area contributed by atoms with Crippen molar-refractivity contribution in [3.05, 3.63) is 64.4 Å². The predicted molar refractivity (Wildman–Crippen MR) is 133 cm³/mol. The summed E-state index contributed by atoms with van der Waals surface area (Å²) in [6, 6.07) is 1.96. The van der Waals surface area contributed by atoms with Crippen LogP contribution in [0.1, 0.15) is 58.0 Å². The molecule has 1 heterocycles. The first-order valence-electron chi connectivity index (χ1n) is 10.6. The second-order valence-corrected chi connectivity index (χ2v) is 7.29. The first-order valence-corrected chi connectivity index (χ1v) is 10.6. The van der Waals surface area contributed by atoms with Crippen molar-refractivity contribution in [2.75, 3.05) is 25.5 Å². The van der Waals surface area contributed by atoms with E-state index in [1.165, 1.54) is 11.8 Å². The van der Waals surface area contributed by atoms with Crippen LogP contribution in [0, 0.1) is 17.7 Å². The Morgan fingerprint density at radius 3 is 2.52 bits per heavy atom. The van der Waals surface area contributed by atoms with E-state index in [1.54, 1.807) is 6.08 Å². The van der Waals surface area contributed by atoms with Crippen molar-refractivity contribution in [3.63, 3.8) is 0 Å². The Hall–Kier alpha value is -3.15. The summed E-state index contributed by atoms with van der Waals surface area (Å²) in [4.78, 5) is 4.69. The highest BCUT2D eigenvalue weighted by Crippen LogP contribution is 2.26. The molecule has 6 nitrogen and oxygen atoms in total. The molecular weight excluding hydrogens is 386 g/mol. The first kappa shape index (κ1) is 25.9. The van der Waals surface area contributed by atoms with Gasteiger partial charge >= 0.3 is 0 Å². The predicted octanol–water partition coefficient (Wildman–Crippen LogP) is 5.62. The summed E-state index contributed by atoms with van der Waals surface area (Å²) in [5, 5.41) is 22.3.